The smallest absolute Gasteiger partial charge is 0.264 e. The van der Waals surface area contributed by atoms with Gasteiger partial charge in [0, 0.05) is 15.7 Å². The number of benzene rings is 3. The fourth-order valence-electron chi connectivity index (χ4n) is 3.26. The Labute approximate surface area is 225 Å². The lowest BCUT2D eigenvalue weighted by atomic mass is 10.1. The highest BCUT2D eigenvalue weighted by Gasteiger charge is 2.46. The van der Waals surface area contributed by atoms with Gasteiger partial charge in [0.2, 0.25) is 0 Å². The van der Waals surface area contributed by atoms with Crippen molar-refractivity contribution in [3.63, 3.8) is 0 Å². The topological polar surface area (TPSA) is 68.5 Å². The van der Waals surface area contributed by atoms with E-state index in [0.29, 0.717) is 15.7 Å². The molecule has 1 aliphatic rings. The maximum atomic E-state index is 13.5. The van der Waals surface area contributed by atoms with Crippen molar-refractivity contribution < 1.29 is 9.90 Å². The molecule has 6 nitrogen and oxygen atoms in total. The SMILES string of the molecule is O=C1C(N=Nc2cc(Cl)ccc2Cl)C(O)N(c2ccc(Cl)cc2)C(=S)N1c1cccc(Cl)c1Cl. The molecule has 34 heavy (non-hydrogen) atoms. The molecule has 1 amide bonds. The molecule has 0 aromatic heterocycles. The van der Waals surface area contributed by atoms with Crippen molar-refractivity contribution in [2.75, 3.05) is 9.80 Å². The van der Waals surface area contributed by atoms with Gasteiger partial charge in [-0.05, 0) is 66.8 Å². The molecule has 1 fully saturated rings. The molecule has 0 spiro atoms. The van der Waals surface area contributed by atoms with E-state index in [1.165, 1.54) is 11.0 Å². The molecule has 1 aliphatic heterocycles. The Balaban J connectivity index is 1.83. The number of amides is 1. The molecule has 3 aromatic rings. The zero-order valence-electron chi connectivity index (χ0n) is 16.9. The summed E-state index contributed by atoms with van der Waals surface area (Å²) in [6, 6.07) is 14.6. The molecule has 12 heteroatoms. The number of rotatable bonds is 4. The van der Waals surface area contributed by atoms with Gasteiger partial charge in [-0.2, -0.15) is 10.2 Å². The number of carbonyl (C=O) groups excluding carboxylic acids is 1. The number of aliphatic hydroxyl groups excluding tert-OH is 1. The Morgan fingerprint density at radius 2 is 1.56 bits per heavy atom. The van der Waals surface area contributed by atoms with Crippen LogP contribution in [0.3, 0.4) is 0 Å². The lowest BCUT2D eigenvalue weighted by molar-refractivity contribution is -0.121. The predicted molar refractivity (Wildman–Crippen MR) is 141 cm³/mol. The van der Waals surface area contributed by atoms with Gasteiger partial charge in [-0.3, -0.25) is 14.6 Å². The average molecular weight is 575 g/mol. The van der Waals surface area contributed by atoms with Gasteiger partial charge >= 0.3 is 0 Å². The molecule has 2 atom stereocenters. The van der Waals surface area contributed by atoms with Gasteiger partial charge < -0.3 is 5.11 Å². The summed E-state index contributed by atoms with van der Waals surface area (Å²) in [6.45, 7) is 0. The van der Waals surface area contributed by atoms with Crippen LogP contribution in [0.5, 0.6) is 0 Å². The zero-order valence-corrected chi connectivity index (χ0v) is 21.5. The summed E-state index contributed by atoms with van der Waals surface area (Å²) >= 11 is 36.4. The molecule has 1 N–H and O–H groups in total. The van der Waals surface area contributed by atoms with Gasteiger partial charge in [0.25, 0.3) is 5.91 Å². The third kappa shape index (κ3) is 4.88. The van der Waals surface area contributed by atoms with Gasteiger partial charge in [-0.25, -0.2) is 0 Å². The first-order chi connectivity index (χ1) is 16.2. The van der Waals surface area contributed by atoms with Crippen molar-refractivity contribution in [1.82, 2.24) is 0 Å². The highest BCUT2D eigenvalue weighted by molar-refractivity contribution is 7.81. The summed E-state index contributed by atoms with van der Waals surface area (Å²) in [7, 11) is 0. The number of azo groups is 1. The van der Waals surface area contributed by atoms with Crippen LogP contribution in [0.4, 0.5) is 17.1 Å². The standard InChI is InChI=1S/C22H13Cl5N4O2S/c23-11-4-7-13(8-5-11)30-20(32)19(29-28-16-10-12(24)6-9-14(16)25)21(33)31(22(30)34)17-3-1-2-15(26)18(17)27/h1-10,19-20,32H. The summed E-state index contributed by atoms with van der Waals surface area (Å²) in [5.41, 5.74) is 0.933. The second-order valence-electron chi connectivity index (χ2n) is 7.05. The van der Waals surface area contributed by atoms with Crippen molar-refractivity contribution in [1.29, 1.82) is 0 Å². The van der Waals surface area contributed by atoms with Crippen LogP contribution in [0.1, 0.15) is 0 Å². The molecular formula is C22H13Cl5N4O2S. The molecule has 2 unspecified atom stereocenters. The van der Waals surface area contributed by atoms with Crippen molar-refractivity contribution in [2.24, 2.45) is 10.2 Å². The molecule has 1 heterocycles. The number of nitrogens with zero attached hydrogens (tertiary/aromatic N) is 4. The molecule has 4 rings (SSSR count). The Hall–Kier alpha value is -1.97. The highest BCUT2D eigenvalue weighted by Crippen LogP contribution is 2.38. The van der Waals surface area contributed by atoms with Crippen LogP contribution in [0.25, 0.3) is 0 Å². The van der Waals surface area contributed by atoms with Crippen molar-refractivity contribution in [2.45, 2.75) is 12.3 Å². The average Bonchev–Trinajstić information content (AvgIpc) is 2.80. The van der Waals surface area contributed by atoms with Gasteiger partial charge in [-0.1, -0.05) is 64.1 Å². The van der Waals surface area contributed by atoms with E-state index in [4.69, 9.17) is 70.2 Å². The second kappa shape index (κ2) is 10.3. The summed E-state index contributed by atoms with van der Waals surface area (Å²) in [5, 5.41) is 20.8. The van der Waals surface area contributed by atoms with E-state index in [1.807, 2.05) is 0 Å². The van der Waals surface area contributed by atoms with Crippen LogP contribution in [0.15, 0.2) is 70.9 Å². The number of hydrogen-bond donors (Lipinski definition) is 1. The molecular weight excluding hydrogens is 562 g/mol. The van der Waals surface area contributed by atoms with Crippen LogP contribution in [0, 0.1) is 0 Å². The number of carbonyl (C=O) groups is 1. The van der Waals surface area contributed by atoms with Crippen LogP contribution < -0.4 is 9.80 Å². The van der Waals surface area contributed by atoms with Gasteiger partial charge in [0.05, 0.1) is 20.8 Å². The molecule has 0 radical (unpaired) electrons. The number of anilines is 2. The largest absolute Gasteiger partial charge is 0.370 e. The highest BCUT2D eigenvalue weighted by atomic mass is 35.5. The minimum absolute atomic E-state index is 0.0313. The molecule has 0 saturated carbocycles. The van der Waals surface area contributed by atoms with Crippen LogP contribution in [0.2, 0.25) is 25.1 Å². The maximum absolute atomic E-state index is 13.5. The Kier molecular flexibility index (Phi) is 7.64. The Morgan fingerprint density at radius 3 is 2.26 bits per heavy atom. The maximum Gasteiger partial charge on any atom is 0.264 e. The van der Waals surface area contributed by atoms with E-state index in [1.54, 1.807) is 54.6 Å². The van der Waals surface area contributed by atoms with Gasteiger partial charge in [0.15, 0.2) is 17.4 Å². The lowest BCUT2D eigenvalue weighted by Crippen LogP contribution is -2.64. The van der Waals surface area contributed by atoms with Gasteiger partial charge in [-0.15, -0.1) is 0 Å². The van der Waals surface area contributed by atoms with Crippen molar-refractivity contribution in [3.8, 4) is 0 Å². The predicted octanol–water partition coefficient (Wildman–Crippen LogP) is 7.56. The van der Waals surface area contributed by atoms with E-state index in [2.05, 4.69) is 10.2 Å². The molecule has 0 aliphatic carbocycles. The fourth-order valence-corrected chi connectivity index (χ4v) is 4.49. The molecule has 1 saturated heterocycles. The third-order valence-electron chi connectivity index (χ3n) is 4.89. The zero-order chi connectivity index (χ0) is 24.6. The van der Waals surface area contributed by atoms with E-state index in [-0.39, 0.29) is 31.6 Å². The van der Waals surface area contributed by atoms with Crippen molar-refractivity contribution in [3.05, 3.63) is 85.8 Å². The number of thiocarbonyl (C=S) groups is 1. The quantitative estimate of drug-likeness (QED) is 0.258. The number of aliphatic hydroxyl groups is 1. The summed E-state index contributed by atoms with van der Waals surface area (Å²) in [5.74, 6) is -0.659. The fraction of sp³-hybridized carbons (Fsp3) is 0.0909. The molecule has 0 bridgehead atoms. The first-order valence-corrected chi connectivity index (χ1v) is 11.9. The summed E-state index contributed by atoms with van der Waals surface area (Å²) in [4.78, 5) is 16.0. The minimum atomic E-state index is -1.49. The Morgan fingerprint density at radius 1 is 0.882 bits per heavy atom. The monoisotopic (exact) mass is 572 g/mol. The lowest BCUT2D eigenvalue weighted by Gasteiger charge is -2.42. The van der Waals surface area contributed by atoms with E-state index in [0.717, 1.165) is 4.90 Å². The number of halogens is 5. The van der Waals surface area contributed by atoms with Crippen LogP contribution >= 0.6 is 70.2 Å². The third-order valence-corrected chi connectivity index (χ3v) is 6.89. The van der Waals surface area contributed by atoms with E-state index in [9.17, 15) is 9.90 Å². The number of hydrogen-bond acceptors (Lipinski definition) is 5. The first-order valence-electron chi connectivity index (χ1n) is 9.59. The summed E-state index contributed by atoms with van der Waals surface area (Å²) in [6.07, 6.45) is -1.49. The van der Waals surface area contributed by atoms with E-state index >= 15 is 0 Å². The minimum Gasteiger partial charge on any atom is -0.370 e. The second-order valence-corrected chi connectivity index (χ2v) is 9.48. The molecule has 174 valence electrons. The van der Waals surface area contributed by atoms with Crippen LogP contribution in [-0.4, -0.2) is 28.4 Å². The van der Waals surface area contributed by atoms with Crippen LogP contribution in [-0.2, 0) is 4.79 Å². The Bertz CT molecular complexity index is 1300. The van der Waals surface area contributed by atoms with Crippen molar-refractivity contribution >= 4 is 98.3 Å². The summed E-state index contributed by atoms with van der Waals surface area (Å²) < 4.78 is 0. The normalized spacial score (nSPS) is 18.8. The first kappa shape index (κ1) is 25.1. The molecule has 3 aromatic carbocycles. The van der Waals surface area contributed by atoms with E-state index < -0.39 is 18.2 Å². The van der Waals surface area contributed by atoms with Gasteiger partial charge in [0.1, 0.15) is 5.69 Å².